The summed E-state index contributed by atoms with van der Waals surface area (Å²) in [6, 6.07) is 16.2. The van der Waals surface area contributed by atoms with Crippen LogP contribution in [0.4, 0.5) is 4.39 Å². The topological polar surface area (TPSA) is 0 Å². The van der Waals surface area contributed by atoms with E-state index < -0.39 is 0 Å². The highest BCUT2D eigenvalue weighted by Gasteiger charge is 2.22. The number of aryl methyl sites for hydroxylation is 1. The normalized spacial score (nSPS) is 15.9. The molecule has 0 radical (unpaired) electrons. The van der Waals surface area contributed by atoms with Crippen LogP contribution in [0.5, 0.6) is 0 Å². The van der Waals surface area contributed by atoms with Crippen molar-refractivity contribution in [3.8, 4) is 11.1 Å². The van der Waals surface area contributed by atoms with E-state index in [-0.39, 0.29) is 5.82 Å². The average molecular weight is 368 g/mol. The fourth-order valence-corrected chi connectivity index (χ4v) is 4.79. The maximum Gasteiger partial charge on any atom is 0.123 e. The van der Waals surface area contributed by atoms with Gasteiger partial charge in [0.1, 0.15) is 5.82 Å². The summed E-state index contributed by atoms with van der Waals surface area (Å²) in [5.41, 5.74) is 9.56. The summed E-state index contributed by atoms with van der Waals surface area (Å²) in [6.45, 7) is 4.47. The van der Waals surface area contributed by atoms with Crippen LogP contribution < -0.4 is 0 Å². The monoisotopic (exact) mass is 368 g/mol. The molecular formula is C27H25F. The summed E-state index contributed by atoms with van der Waals surface area (Å²) in [7, 11) is 0. The van der Waals surface area contributed by atoms with Crippen LogP contribution in [-0.2, 0) is 6.42 Å². The smallest absolute Gasteiger partial charge is 0.123 e. The third-order valence-electron chi connectivity index (χ3n) is 6.31. The van der Waals surface area contributed by atoms with Crippen molar-refractivity contribution in [3.63, 3.8) is 0 Å². The second-order valence-electron chi connectivity index (χ2n) is 8.38. The zero-order valence-corrected chi connectivity index (χ0v) is 16.6. The van der Waals surface area contributed by atoms with Gasteiger partial charge in [-0.05, 0) is 87.9 Å². The third-order valence-corrected chi connectivity index (χ3v) is 6.31. The highest BCUT2D eigenvalue weighted by atomic mass is 19.1. The van der Waals surface area contributed by atoms with Gasteiger partial charge in [-0.15, -0.1) is 0 Å². The van der Waals surface area contributed by atoms with Gasteiger partial charge >= 0.3 is 0 Å². The molecule has 3 aromatic rings. The van der Waals surface area contributed by atoms with Crippen LogP contribution in [0.15, 0.2) is 66.3 Å². The lowest BCUT2D eigenvalue weighted by Gasteiger charge is -2.27. The Morgan fingerprint density at radius 3 is 2.46 bits per heavy atom. The number of allylic oxidation sites excluding steroid dienone is 4. The Labute approximate surface area is 166 Å². The van der Waals surface area contributed by atoms with Crippen molar-refractivity contribution in [1.29, 1.82) is 0 Å². The third kappa shape index (κ3) is 2.81. The molecule has 0 fully saturated rings. The summed E-state index contributed by atoms with van der Waals surface area (Å²) >= 11 is 0. The van der Waals surface area contributed by atoms with E-state index in [1.807, 2.05) is 12.1 Å². The summed E-state index contributed by atoms with van der Waals surface area (Å²) in [5.74, 6) is 0.271. The molecule has 0 unspecified atom stereocenters. The first kappa shape index (κ1) is 17.4. The lowest BCUT2D eigenvalue weighted by Crippen LogP contribution is -2.07. The molecule has 28 heavy (non-hydrogen) atoms. The van der Waals surface area contributed by atoms with Crippen molar-refractivity contribution in [3.05, 3.63) is 88.8 Å². The van der Waals surface area contributed by atoms with E-state index in [0.717, 1.165) is 18.4 Å². The summed E-state index contributed by atoms with van der Waals surface area (Å²) in [5, 5.41) is 2.65. The predicted molar refractivity (Wildman–Crippen MR) is 117 cm³/mol. The molecule has 0 spiro atoms. The fourth-order valence-electron chi connectivity index (χ4n) is 4.79. The molecule has 0 nitrogen and oxygen atoms in total. The van der Waals surface area contributed by atoms with Gasteiger partial charge < -0.3 is 0 Å². The zero-order valence-electron chi connectivity index (χ0n) is 16.6. The van der Waals surface area contributed by atoms with E-state index >= 15 is 0 Å². The molecule has 140 valence electrons. The quantitative estimate of drug-likeness (QED) is 0.432. The van der Waals surface area contributed by atoms with Crippen molar-refractivity contribution in [2.75, 3.05) is 0 Å². The number of hydrogen-bond donors (Lipinski definition) is 0. The van der Waals surface area contributed by atoms with Crippen LogP contribution in [-0.4, -0.2) is 0 Å². The lowest BCUT2D eigenvalue weighted by atomic mass is 9.78. The van der Waals surface area contributed by atoms with Gasteiger partial charge in [0.15, 0.2) is 0 Å². The standard InChI is InChI=1S/C27H25F/c1-17(2)21-15-20-10-13-24-23-6-4-3-5-18(23)9-14-25(24)27(20)26(16-21)19-7-11-22(28)12-8-19/h4,6-8,10-13,15-17H,3,5,9,14H2,1-2H3. The molecule has 0 atom stereocenters. The molecule has 5 rings (SSSR count). The van der Waals surface area contributed by atoms with E-state index in [1.165, 1.54) is 51.4 Å². The molecule has 0 bridgehead atoms. The molecule has 2 aliphatic rings. The number of halogens is 1. The molecule has 2 aliphatic carbocycles. The Hall–Kier alpha value is -2.67. The van der Waals surface area contributed by atoms with Crippen molar-refractivity contribution < 1.29 is 4.39 Å². The van der Waals surface area contributed by atoms with Crippen LogP contribution in [0.3, 0.4) is 0 Å². The molecular weight excluding hydrogens is 343 g/mol. The Morgan fingerprint density at radius 2 is 1.68 bits per heavy atom. The first-order valence-electron chi connectivity index (χ1n) is 10.4. The van der Waals surface area contributed by atoms with Crippen molar-refractivity contribution >= 4 is 16.3 Å². The molecule has 0 saturated carbocycles. The number of fused-ring (bicyclic) bond motifs is 4. The Balaban J connectivity index is 1.83. The molecule has 1 heteroatoms. The average Bonchev–Trinajstić information content (AvgIpc) is 2.73. The van der Waals surface area contributed by atoms with E-state index in [0.29, 0.717) is 5.92 Å². The highest BCUT2D eigenvalue weighted by molar-refractivity contribution is 6.03. The molecule has 0 aromatic heterocycles. The Morgan fingerprint density at radius 1 is 0.857 bits per heavy atom. The van der Waals surface area contributed by atoms with Gasteiger partial charge in [0.2, 0.25) is 0 Å². The van der Waals surface area contributed by atoms with Gasteiger partial charge in [0, 0.05) is 0 Å². The molecule has 3 aromatic carbocycles. The van der Waals surface area contributed by atoms with Crippen LogP contribution >= 0.6 is 0 Å². The van der Waals surface area contributed by atoms with E-state index in [1.54, 1.807) is 17.7 Å². The van der Waals surface area contributed by atoms with E-state index in [2.05, 4.69) is 50.3 Å². The zero-order chi connectivity index (χ0) is 19.3. The van der Waals surface area contributed by atoms with Gasteiger partial charge in [-0.25, -0.2) is 4.39 Å². The lowest BCUT2D eigenvalue weighted by molar-refractivity contribution is 0.628. The number of hydrogen-bond acceptors (Lipinski definition) is 0. The highest BCUT2D eigenvalue weighted by Crippen LogP contribution is 2.43. The molecule has 0 N–H and O–H groups in total. The first-order valence-corrected chi connectivity index (χ1v) is 10.4. The minimum absolute atomic E-state index is 0.183. The Kier molecular flexibility index (Phi) is 4.19. The molecule has 0 saturated heterocycles. The van der Waals surface area contributed by atoms with Crippen LogP contribution in [0, 0.1) is 5.82 Å². The van der Waals surface area contributed by atoms with Gasteiger partial charge in [-0.1, -0.05) is 68.0 Å². The molecule has 0 heterocycles. The van der Waals surface area contributed by atoms with Crippen molar-refractivity contribution in [2.45, 2.75) is 45.4 Å². The summed E-state index contributed by atoms with van der Waals surface area (Å²) in [4.78, 5) is 0. The van der Waals surface area contributed by atoms with Gasteiger partial charge in [0.25, 0.3) is 0 Å². The maximum absolute atomic E-state index is 13.6. The van der Waals surface area contributed by atoms with Crippen LogP contribution in [0.2, 0.25) is 0 Å². The van der Waals surface area contributed by atoms with Crippen molar-refractivity contribution in [1.82, 2.24) is 0 Å². The van der Waals surface area contributed by atoms with E-state index in [9.17, 15) is 4.39 Å². The van der Waals surface area contributed by atoms with Gasteiger partial charge in [-0.3, -0.25) is 0 Å². The minimum atomic E-state index is -0.183. The van der Waals surface area contributed by atoms with Gasteiger partial charge in [0.05, 0.1) is 0 Å². The second kappa shape index (κ2) is 6.74. The maximum atomic E-state index is 13.6. The largest absolute Gasteiger partial charge is 0.207 e. The molecule has 0 amide bonds. The van der Waals surface area contributed by atoms with Crippen LogP contribution in [0.1, 0.15) is 55.7 Å². The predicted octanol–water partition coefficient (Wildman–Crippen LogP) is 7.82. The Bertz CT molecular complexity index is 1130. The first-order chi connectivity index (χ1) is 13.6. The number of rotatable bonds is 2. The molecule has 0 aliphatic heterocycles. The van der Waals surface area contributed by atoms with E-state index in [4.69, 9.17) is 0 Å². The van der Waals surface area contributed by atoms with Gasteiger partial charge in [-0.2, -0.15) is 0 Å². The SMILES string of the molecule is CC(C)c1cc(-c2ccc(F)cc2)c2c3c(ccc2c1)C1=C(CCC=C1)CC3. The summed E-state index contributed by atoms with van der Waals surface area (Å²) < 4.78 is 13.6. The second-order valence-corrected chi connectivity index (χ2v) is 8.38. The minimum Gasteiger partial charge on any atom is -0.207 e. The van der Waals surface area contributed by atoms with Crippen molar-refractivity contribution in [2.24, 2.45) is 0 Å². The van der Waals surface area contributed by atoms with Crippen LogP contribution in [0.25, 0.3) is 27.5 Å². The fraction of sp³-hybridized carbons (Fsp3) is 0.259. The number of benzene rings is 3. The summed E-state index contributed by atoms with van der Waals surface area (Å²) in [6.07, 6.45) is 9.24.